The van der Waals surface area contributed by atoms with E-state index in [-0.39, 0.29) is 23.3 Å². The number of nitrogens with one attached hydrogen (secondary N) is 1. The first-order valence-electron chi connectivity index (χ1n) is 6.87. The minimum atomic E-state index is -0.0544. The maximum atomic E-state index is 12.2. The molecule has 2 unspecified atom stereocenters. The van der Waals surface area contributed by atoms with Crippen molar-refractivity contribution in [3.05, 3.63) is 28.7 Å². The molecule has 104 valence electrons. The molecule has 1 aromatic rings. The molecule has 1 aromatic heterocycles. The number of aryl methyl sites for hydroxylation is 1. The lowest BCUT2D eigenvalue weighted by atomic mass is 9.95. The second kappa shape index (κ2) is 6.02. The van der Waals surface area contributed by atoms with Gasteiger partial charge in [-0.15, -0.1) is 0 Å². The molecule has 1 fully saturated rings. The summed E-state index contributed by atoms with van der Waals surface area (Å²) in [6.45, 7) is 3.05. The first kappa shape index (κ1) is 13.8. The topological polar surface area (TPSA) is 77.1 Å². The van der Waals surface area contributed by atoms with Gasteiger partial charge in [-0.1, -0.05) is 6.42 Å². The van der Waals surface area contributed by atoms with E-state index in [0.717, 1.165) is 19.3 Å². The zero-order chi connectivity index (χ0) is 13.8. The van der Waals surface area contributed by atoms with Gasteiger partial charge in [0.2, 0.25) is 5.91 Å². The summed E-state index contributed by atoms with van der Waals surface area (Å²) in [6, 6.07) is 3.13. The van der Waals surface area contributed by atoms with E-state index < -0.39 is 0 Å². The zero-order valence-corrected chi connectivity index (χ0v) is 11.3. The van der Waals surface area contributed by atoms with Gasteiger partial charge in [0.05, 0.1) is 5.69 Å². The van der Waals surface area contributed by atoms with Gasteiger partial charge in [-0.2, -0.15) is 0 Å². The molecule has 0 spiro atoms. The second-order valence-electron chi connectivity index (χ2n) is 5.06. The highest BCUT2D eigenvalue weighted by atomic mass is 16.2. The number of pyridine rings is 1. The predicted octanol–water partition coefficient (Wildman–Crippen LogP) is 1.18. The van der Waals surface area contributed by atoms with Crippen LogP contribution in [-0.2, 0) is 11.3 Å². The molecule has 1 aliphatic carbocycles. The van der Waals surface area contributed by atoms with Crippen molar-refractivity contribution in [1.29, 1.82) is 0 Å². The summed E-state index contributed by atoms with van der Waals surface area (Å²) in [4.78, 5) is 23.7. The molecule has 0 bridgehead atoms. The van der Waals surface area contributed by atoms with Crippen molar-refractivity contribution >= 4 is 11.6 Å². The standard InChI is InChI=1S/C14H21N3O2/c1-2-17-9-11(6-7-13(17)18)16-14(19)12-5-3-4-10(12)8-15/h6-7,9-10,12H,2-5,8,15H2,1H3,(H,16,19). The van der Waals surface area contributed by atoms with E-state index >= 15 is 0 Å². The van der Waals surface area contributed by atoms with Crippen molar-refractivity contribution in [2.75, 3.05) is 11.9 Å². The van der Waals surface area contributed by atoms with Crippen LogP contribution in [0.1, 0.15) is 26.2 Å². The van der Waals surface area contributed by atoms with Crippen LogP contribution >= 0.6 is 0 Å². The third kappa shape index (κ3) is 3.04. The van der Waals surface area contributed by atoms with Crippen LogP contribution in [-0.4, -0.2) is 17.0 Å². The number of aromatic nitrogens is 1. The summed E-state index contributed by atoms with van der Waals surface area (Å²) in [5, 5.41) is 2.90. The van der Waals surface area contributed by atoms with Crippen LogP contribution in [0.5, 0.6) is 0 Å². The van der Waals surface area contributed by atoms with Gasteiger partial charge in [0.25, 0.3) is 5.56 Å². The fourth-order valence-corrected chi connectivity index (χ4v) is 2.75. The first-order valence-corrected chi connectivity index (χ1v) is 6.87. The Bertz CT molecular complexity index is 510. The molecule has 1 saturated carbocycles. The maximum absolute atomic E-state index is 12.2. The van der Waals surface area contributed by atoms with Crippen LogP contribution in [0.4, 0.5) is 5.69 Å². The molecule has 5 heteroatoms. The third-order valence-corrected chi connectivity index (χ3v) is 3.89. The Morgan fingerprint density at radius 3 is 2.95 bits per heavy atom. The quantitative estimate of drug-likeness (QED) is 0.856. The third-order valence-electron chi connectivity index (χ3n) is 3.89. The molecule has 1 amide bonds. The molecule has 1 heterocycles. The van der Waals surface area contributed by atoms with Crippen molar-refractivity contribution in [3.8, 4) is 0 Å². The van der Waals surface area contributed by atoms with E-state index in [1.54, 1.807) is 16.8 Å². The Kier molecular flexibility index (Phi) is 4.37. The van der Waals surface area contributed by atoms with Gasteiger partial charge in [-0.3, -0.25) is 9.59 Å². The van der Waals surface area contributed by atoms with Crippen molar-refractivity contribution in [3.63, 3.8) is 0 Å². The summed E-state index contributed by atoms with van der Waals surface area (Å²) in [5.41, 5.74) is 6.32. The number of carbonyl (C=O) groups is 1. The van der Waals surface area contributed by atoms with E-state index in [1.165, 1.54) is 6.07 Å². The Balaban J connectivity index is 2.08. The highest BCUT2D eigenvalue weighted by Gasteiger charge is 2.31. The number of anilines is 1. The molecule has 5 nitrogen and oxygen atoms in total. The minimum Gasteiger partial charge on any atom is -0.330 e. The summed E-state index contributed by atoms with van der Waals surface area (Å²) in [5.74, 6) is 0.318. The van der Waals surface area contributed by atoms with Crippen molar-refractivity contribution < 1.29 is 4.79 Å². The Morgan fingerprint density at radius 1 is 1.47 bits per heavy atom. The summed E-state index contributed by atoms with van der Waals surface area (Å²) in [7, 11) is 0. The van der Waals surface area contributed by atoms with Crippen LogP contribution in [0.3, 0.4) is 0 Å². The van der Waals surface area contributed by atoms with Gasteiger partial charge in [0.1, 0.15) is 0 Å². The first-order chi connectivity index (χ1) is 9.15. The molecule has 0 radical (unpaired) electrons. The lowest BCUT2D eigenvalue weighted by molar-refractivity contribution is -0.120. The van der Waals surface area contributed by atoms with Crippen LogP contribution in [0.2, 0.25) is 0 Å². The van der Waals surface area contributed by atoms with E-state index in [9.17, 15) is 9.59 Å². The van der Waals surface area contributed by atoms with E-state index in [2.05, 4.69) is 5.32 Å². The average molecular weight is 263 g/mol. The largest absolute Gasteiger partial charge is 0.330 e. The normalized spacial score (nSPS) is 22.4. The Hall–Kier alpha value is -1.62. The number of nitrogens with two attached hydrogens (primary N) is 1. The van der Waals surface area contributed by atoms with Gasteiger partial charge < -0.3 is 15.6 Å². The lowest BCUT2D eigenvalue weighted by Crippen LogP contribution is -2.30. The van der Waals surface area contributed by atoms with E-state index in [0.29, 0.717) is 18.8 Å². The number of hydrogen-bond acceptors (Lipinski definition) is 3. The van der Waals surface area contributed by atoms with Crippen molar-refractivity contribution in [1.82, 2.24) is 4.57 Å². The molecule has 3 N–H and O–H groups in total. The summed E-state index contributed by atoms with van der Waals surface area (Å²) >= 11 is 0. The van der Waals surface area contributed by atoms with E-state index in [1.807, 2.05) is 6.92 Å². The monoisotopic (exact) mass is 263 g/mol. The zero-order valence-electron chi connectivity index (χ0n) is 11.3. The second-order valence-corrected chi connectivity index (χ2v) is 5.06. The van der Waals surface area contributed by atoms with Crippen LogP contribution in [0.25, 0.3) is 0 Å². The predicted molar refractivity (Wildman–Crippen MR) is 74.9 cm³/mol. The van der Waals surface area contributed by atoms with Crippen molar-refractivity contribution in [2.45, 2.75) is 32.7 Å². The SMILES string of the molecule is CCn1cc(NC(=O)C2CCCC2CN)ccc1=O. The average Bonchev–Trinajstić information content (AvgIpc) is 2.89. The van der Waals surface area contributed by atoms with Gasteiger partial charge >= 0.3 is 0 Å². The van der Waals surface area contributed by atoms with Crippen LogP contribution in [0.15, 0.2) is 23.1 Å². The summed E-state index contributed by atoms with van der Waals surface area (Å²) < 4.78 is 1.57. The molecule has 19 heavy (non-hydrogen) atoms. The van der Waals surface area contributed by atoms with Gasteiger partial charge in [-0.25, -0.2) is 0 Å². The molecule has 0 saturated heterocycles. The highest BCUT2D eigenvalue weighted by Crippen LogP contribution is 2.31. The summed E-state index contributed by atoms with van der Waals surface area (Å²) in [6.07, 6.45) is 4.69. The molecule has 0 aromatic carbocycles. The molecule has 1 aliphatic rings. The minimum absolute atomic E-state index is 0.00649. The van der Waals surface area contributed by atoms with Crippen LogP contribution < -0.4 is 16.6 Å². The molecule has 2 rings (SSSR count). The highest BCUT2D eigenvalue weighted by molar-refractivity contribution is 5.92. The number of hydrogen-bond donors (Lipinski definition) is 2. The maximum Gasteiger partial charge on any atom is 0.250 e. The van der Waals surface area contributed by atoms with Gasteiger partial charge in [0.15, 0.2) is 0 Å². The Labute approximate surface area is 112 Å². The van der Waals surface area contributed by atoms with Gasteiger partial charge in [-0.05, 0) is 38.3 Å². The molecular formula is C14H21N3O2. The number of nitrogens with zero attached hydrogens (tertiary/aromatic N) is 1. The van der Waals surface area contributed by atoms with Crippen LogP contribution in [0, 0.1) is 11.8 Å². The lowest BCUT2D eigenvalue weighted by Gasteiger charge is -2.17. The molecular weight excluding hydrogens is 242 g/mol. The fourth-order valence-electron chi connectivity index (χ4n) is 2.75. The molecule has 0 aliphatic heterocycles. The van der Waals surface area contributed by atoms with Gasteiger partial charge in [0, 0.05) is 24.7 Å². The molecule has 2 atom stereocenters. The number of carbonyl (C=O) groups excluding carboxylic acids is 1. The fraction of sp³-hybridized carbons (Fsp3) is 0.571. The number of amides is 1. The van der Waals surface area contributed by atoms with E-state index in [4.69, 9.17) is 5.73 Å². The van der Waals surface area contributed by atoms with Crippen molar-refractivity contribution in [2.24, 2.45) is 17.6 Å². The Morgan fingerprint density at radius 2 is 2.26 bits per heavy atom. The smallest absolute Gasteiger partial charge is 0.250 e. The number of rotatable bonds is 4.